The summed E-state index contributed by atoms with van der Waals surface area (Å²) < 4.78 is 7.22. The predicted molar refractivity (Wildman–Crippen MR) is 136 cm³/mol. The SMILES string of the molecule is CC(C)(C)[Si](OC1C=C(C(O)Cc2ccccc2)CC1)(c1ccccc1)c1ccccc1. The van der Waals surface area contributed by atoms with E-state index in [2.05, 4.69) is 99.6 Å². The Labute approximate surface area is 193 Å². The fourth-order valence-electron chi connectivity index (χ4n) is 4.97. The molecule has 0 aromatic heterocycles. The normalized spacial score (nSPS) is 17.8. The van der Waals surface area contributed by atoms with Gasteiger partial charge in [0.1, 0.15) is 0 Å². The van der Waals surface area contributed by atoms with Crippen molar-refractivity contribution in [2.24, 2.45) is 0 Å². The molecule has 0 fully saturated rings. The third kappa shape index (κ3) is 4.66. The number of aliphatic hydroxyl groups excluding tert-OH is 1. The summed E-state index contributed by atoms with van der Waals surface area (Å²) in [4.78, 5) is 0. The lowest BCUT2D eigenvalue weighted by molar-refractivity contribution is 0.208. The maximum atomic E-state index is 10.9. The van der Waals surface area contributed by atoms with Crippen molar-refractivity contribution in [3.05, 3.63) is 108 Å². The van der Waals surface area contributed by atoms with Crippen LogP contribution in [0, 0.1) is 0 Å². The third-order valence-corrected chi connectivity index (χ3v) is 11.6. The molecule has 0 radical (unpaired) electrons. The summed E-state index contributed by atoms with van der Waals surface area (Å²) in [5, 5.41) is 13.4. The number of hydrogen-bond acceptors (Lipinski definition) is 2. The van der Waals surface area contributed by atoms with Gasteiger partial charge in [-0.15, -0.1) is 0 Å². The molecule has 3 heteroatoms. The van der Waals surface area contributed by atoms with Gasteiger partial charge >= 0.3 is 0 Å². The summed E-state index contributed by atoms with van der Waals surface area (Å²) in [6.07, 6.45) is 4.22. The molecule has 32 heavy (non-hydrogen) atoms. The van der Waals surface area contributed by atoms with Crippen LogP contribution < -0.4 is 10.4 Å². The Kier molecular flexibility index (Phi) is 6.80. The molecule has 4 rings (SSSR count). The standard InChI is InChI=1S/C29H34O2Si/c1-29(2,3)32(26-15-9-5-10-16-26,27-17-11-6-12-18-27)31-25-20-19-24(22-25)28(30)21-23-13-7-4-8-14-23/h4-18,22,25,28,30H,19-21H2,1-3H3. The molecule has 0 aliphatic heterocycles. The molecule has 2 unspecified atom stereocenters. The summed E-state index contributed by atoms with van der Waals surface area (Å²) in [5.74, 6) is 0. The van der Waals surface area contributed by atoms with Crippen molar-refractivity contribution in [1.82, 2.24) is 0 Å². The summed E-state index contributed by atoms with van der Waals surface area (Å²) in [6.45, 7) is 6.93. The first-order valence-corrected chi connectivity index (χ1v) is 13.5. The topological polar surface area (TPSA) is 29.5 Å². The zero-order valence-electron chi connectivity index (χ0n) is 19.4. The van der Waals surface area contributed by atoms with Crippen LogP contribution >= 0.6 is 0 Å². The van der Waals surface area contributed by atoms with E-state index < -0.39 is 14.4 Å². The molecule has 3 aromatic carbocycles. The highest BCUT2D eigenvalue weighted by atomic mass is 28.4. The molecule has 0 saturated carbocycles. The molecule has 0 amide bonds. The van der Waals surface area contributed by atoms with E-state index in [9.17, 15) is 5.11 Å². The minimum absolute atomic E-state index is 0.0155. The monoisotopic (exact) mass is 442 g/mol. The first kappa shape index (κ1) is 22.7. The molecule has 1 aliphatic carbocycles. The maximum absolute atomic E-state index is 10.9. The predicted octanol–water partition coefficient (Wildman–Crippen LogP) is 5.26. The molecule has 0 saturated heterocycles. The molecule has 2 atom stereocenters. The van der Waals surface area contributed by atoms with Crippen LogP contribution in [0.4, 0.5) is 0 Å². The lowest BCUT2D eigenvalue weighted by Crippen LogP contribution is -2.67. The molecule has 1 aliphatic rings. The number of hydrogen-bond donors (Lipinski definition) is 1. The van der Waals surface area contributed by atoms with Crippen molar-refractivity contribution in [2.75, 3.05) is 0 Å². The summed E-state index contributed by atoms with van der Waals surface area (Å²) in [7, 11) is -2.58. The average Bonchev–Trinajstić information content (AvgIpc) is 3.27. The van der Waals surface area contributed by atoms with E-state index in [1.54, 1.807) is 0 Å². The summed E-state index contributed by atoms with van der Waals surface area (Å²) >= 11 is 0. The van der Waals surface area contributed by atoms with E-state index in [4.69, 9.17) is 4.43 Å². The van der Waals surface area contributed by atoms with Gasteiger partial charge in [0, 0.05) is 6.42 Å². The van der Waals surface area contributed by atoms with Gasteiger partial charge in [-0.1, -0.05) is 118 Å². The van der Waals surface area contributed by atoms with Crippen molar-refractivity contribution in [3.8, 4) is 0 Å². The van der Waals surface area contributed by atoms with Crippen molar-refractivity contribution in [3.63, 3.8) is 0 Å². The van der Waals surface area contributed by atoms with Crippen molar-refractivity contribution < 1.29 is 9.53 Å². The molecule has 0 spiro atoms. The van der Waals surface area contributed by atoms with Crippen LogP contribution in [-0.4, -0.2) is 25.6 Å². The molecule has 166 valence electrons. The third-order valence-electron chi connectivity index (χ3n) is 6.56. The van der Waals surface area contributed by atoms with E-state index in [1.807, 2.05) is 18.2 Å². The van der Waals surface area contributed by atoms with Gasteiger partial charge in [-0.2, -0.15) is 0 Å². The fraction of sp³-hybridized carbons (Fsp3) is 0.310. The molecular weight excluding hydrogens is 408 g/mol. The van der Waals surface area contributed by atoms with Crippen LogP contribution in [0.25, 0.3) is 0 Å². The summed E-state index contributed by atoms with van der Waals surface area (Å²) in [5.41, 5.74) is 2.27. The van der Waals surface area contributed by atoms with Crippen LogP contribution in [0.2, 0.25) is 5.04 Å². The van der Waals surface area contributed by atoms with Gasteiger partial charge in [0.05, 0.1) is 12.2 Å². The second kappa shape index (κ2) is 9.58. The number of rotatable bonds is 7. The Morgan fingerprint density at radius 2 is 1.34 bits per heavy atom. The lowest BCUT2D eigenvalue weighted by Gasteiger charge is -2.44. The van der Waals surface area contributed by atoms with Crippen molar-refractivity contribution in [2.45, 2.75) is 57.3 Å². The van der Waals surface area contributed by atoms with Gasteiger partial charge in [0.25, 0.3) is 8.32 Å². The highest BCUT2D eigenvalue weighted by Crippen LogP contribution is 2.39. The van der Waals surface area contributed by atoms with Crippen LogP contribution in [0.1, 0.15) is 39.2 Å². The molecule has 0 heterocycles. The first-order valence-electron chi connectivity index (χ1n) is 11.6. The second-order valence-corrected chi connectivity index (χ2v) is 14.1. The number of aliphatic hydroxyl groups is 1. The largest absolute Gasteiger partial charge is 0.401 e. The zero-order valence-corrected chi connectivity index (χ0v) is 20.4. The highest BCUT2D eigenvalue weighted by Gasteiger charge is 2.51. The minimum atomic E-state index is -2.58. The van der Waals surface area contributed by atoms with Crippen LogP contribution in [0.15, 0.2) is 103 Å². The fourth-order valence-corrected chi connectivity index (χ4v) is 9.63. The van der Waals surface area contributed by atoms with E-state index >= 15 is 0 Å². The lowest BCUT2D eigenvalue weighted by atomic mass is 10.0. The van der Waals surface area contributed by atoms with Crippen LogP contribution in [0.3, 0.4) is 0 Å². The average molecular weight is 443 g/mol. The van der Waals surface area contributed by atoms with Crippen molar-refractivity contribution in [1.29, 1.82) is 0 Å². The van der Waals surface area contributed by atoms with E-state index in [0.29, 0.717) is 6.42 Å². The Hall–Kier alpha value is -2.46. The Morgan fingerprint density at radius 3 is 1.84 bits per heavy atom. The summed E-state index contributed by atoms with van der Waals surface area (Å²) in [6, 6.07) is 31.8. The van der Waals surface area contributed by atoms with Gasteiger partial charge in [0.2, 0.25) is 0 Å². The highest BCUT2D eigenvalue weighted by molar-refractivity contribution is 6.99. The minimum Gasteiger partial charge on any atom is -0.401 e. The molecular formula is C29H34O2Si. The Balaban J connectivity index is 1.66. The van der Waals surface area contributed by atoms with Crippen molar-refractivity contribution >= 4 is 18.7 Å². The van der Waals surface area contributed by atoms with Gasteiger partial charge in [-0.05, 0) is 39.4 Å². The van der Waals surface area contributed by atoms with E-state index in [1.165, 1.54) is 10.4 Å². The first-order chi connectivity index (χ1) is 15.4. The van der Waals surface area contributed by atoms with E-state index in [0.717, 1.165) is 24.0 Å². The Bertz CT molecular complexity index is 984. The van der Waals surface area contributed by atoms with E-state index in [-0.39, 0.29) is 11.1 Å². The van der Waals surface area contributed by atoms with Gasteiger partial charge in [0.15, 0.2) is 0 Å². The molecule has 1 N–H and O–H groups in total. The molecule has 0 bridgehead atoms. The zero-order chi connectivity index (χ0) is 22.6. The Morgan fingerprint density at radius 1 is 0.844 bits per heavy atom. The smallest absolute Gasteiger partial charge is 0.261 e. The molecule has 3 aromatic rings. The van der Waals surface area contributed by atoms with Gasteiger partial charge in [-0.3, -0.25) is 0 Å². The quantitative estimate of drug-likeness (QED) is 0.400. The maximum Gasteiger partial charge on any atom is 0.261 e. The molecule has 2 nitrogen and oxygen atoms in total. The second-order valence-electron chi connectivity index (χ2n) is 9.81. The van der Waals surface area contributed by atoms with Gasteiger partial charge in [-0.25, -0.2) is 0 Å². The van der Waals surface area contributed by atoms with Crippen LogP contribution in [0.5, 0.6) is 0 Å². The van der Waals surface area contributed by atoms with Crippen LogP contribution in [-0.2, 0) is 10.8 Å². The number of benzene rings is 3. The van der Waals surface area contributed by atoms with Gasteiger partial charge < -0.3 is 9.53 Å².